The first-order chi connectivity index (χ1) is 27.0. The quantitative estimate of drug-likeness (QED) is 0.0344. The molecule has 0 unspecified atom stereocenters. The third kappa shape index (κ3) is 12.4. The molecule has 2 heterocycles. The molecule has 1 aliphatic carbocycles. The summed E-state index contributed by atoms with van der Waals surface area (Å²) < 4.78 is 23.2. The second-order valence-electron chi connectivity index (χ2n) is 17.6. The van der Waals surface area contributed by atoms with Gasteiger partial charge in [0.05, 0.1) is 36.6 Å². The molecule has 0 aromatic rings. The Labute approximate surface area is 342 Å². The van der Waals surface area contributed by atoms with Crippen LogP contribution in [0.4, 0.5) is 0 Å². The van der Waals surface area contributed by atoms with E-state index in [2.05, 4.69) is 0 Å². The van der Waals surface area contributed by atoms with E-state index in [0.717, 1.165) is 23.0 Å². The van der Waals surface area contributed by atoms with Crippen LogP contribution in [0.15, 0.2) is 34.4 Å². The van der Waals surface area contributed by atoms with Gasteiger partial charge < -0.3 is 75.1 Å². The Morgan fingerprint density at radius 2 is 1.47 bits per heavy atom. The van der Waals surface area contributed by atoms with Gasteiger partial charge in [-0.1, -0.05) is 30.2 Å². The normalized spacial score (nSPS) is 38.7. The van der Waals surface area contributed by atoms with E-state index >= 15 is 0 Å². The summed E-state index contributed by atoms with van der Waals surface area (Å²) in [6.45, 7) is 11.2. The van der Waals surface area contributed by atoms with Gasteiger partial charge in [0.2, 0.25) is 0 Å². The average Bonchev–Trinajstić information content (AvgIpc) is 3.17. The summed E-state index contributed by atoms with van der Waals surface area (Å²) in [5, 5.41) is 114. The molecule has 3 rings (SSSR count). The molecule has 1 saturated carbocycles. The lowest BCUT2D eigenvalue weighted by molar-refractivity contribution is -0.308. The minimum absolute atomic E-state index is 0.0739. The standard InChI is InChI=1S/C42H72O16/c1-23(13-15-31(46)40(4,5)53)12-14-28(56-39-37(52)35(50)33(48)30(22-45)58-39)24(2)10-8-17-41(6)27(26(25(3)20-43)16-18-42(41,7)54)11-9-19-55-38-36(51)34(49)32(47)29(21-44)57-38/h10,12,20,27-39,44-54H,8-9,11,13-19,21-22H2,1-7H3/b23-12+,24-10+,26-25-/t27-,28-,29-,30-,31+,32-,33-,34+,35+,36-,37-,38-,39-,41+,42+/m1/s1. The van der Waals surface area contributed by atoms with Gasteiger partial charge in [0.25, 0.3) is 0 Å². The molecular weight excluding hydrogens is 760 g/mol. The van der Waals surface area contributed by atoms with Gasteiger partial charge in [0.1, 0.15) is 55.1 Å². The smallest absolute Gasteiger partial charge is 0.187 e. The molecule has 11 N–H and O–H groups in total. The number of ether oxygens (including phenoxy) is 4. The molecule has 2 aliphatic heterocycles. The Kier molecular flexibility index (Phi) is 19.1. The molecule has 0 aromatic heterocycles. The van der Waals surface area contributed by atoms with E-state index in [9.17, 15) is 61.0 Å². The number of hydrogen-bond acceptors (Lipinski definition) is 16. The maximum absolute atomic E-state index is 12.1. The topological polar surface area (TPSA) is 277 Å². The number of carbonyl (C=O) groups excluding carboxylic acids is 1. The summed E-state index contributed by atoms with van der Waals surface area (Å²) >= 11 is 0. The first-order valence-corrected chi connectivity index (χ1v) is 20.5. The minimum atomic E-state index is -1.63. The van der Waals surface area contributed by atoms with E-state index in [0.29, 0.717) is 63.4 Å². The van der Waals surface area contributed by atoms with Crippen LogP contribution in [0.5, 0.6) is 0 Å². The van der Waals surface area contributed by atoms with Crippen molar-refractivity contribution in [2.75, 3.05) is 19.8 Å². The zero-order valence-electron chi connectivity index (χ0n) is 35.2. The lowest BCUT2D eigenvalue weighted by Gasteiger charge is -2.53. The van der Waals surface area contributed by atoms with Crippen LogP contribution < -0.4 is 0 Å². The molecule has 58 heavy (non-hydrogen) atoms. The van der Waals surface area contributed by atoms with Gasteiger partial charge >= 0.3 is 0 Å². The molecule has 3 aliphatic rings. The number of rotatable bonds is 20. The number of aliphatic hydroxyl groups is 11. The zero-order valence-corrected chi connectivity index (χ0v) is 35.2. The van der Waals surface area contributed by atoms with Crippen molar-refractivity contribution in [2.24, 2.45) is 11.3 Å². The average molecular weight is 833 g/mol. The van der Waals surface area contributed by atoms with E-state index < -0.39 is 103 Å². The molecule has 16 heteroatoms. The summed E-state index contributed by atoms with van der Waals surface area (Å²) in [5.41, 5.74) is -0.0130. The number of allylic oxidation sites excluding steroid dienone is 4. The predicted octanol–water partition coefficient (Wildman–Crippen LogP) is 0.426. The van der Waals surface area contributed by atoms with Crippen molar-refractivity contribution >= 4 is 6.29 Å². The molecule has 15 atom stereocenters. The van der Waals surface area contributed by atoms with E-state index in [1.165, 1.54) is 13.8 Å². The highest BCUT2D eigenvalue weighted by atomic mass is 16.7. The molecule has 16 nitrogen and oxygen atoms in total. The van der Waals surface area contributed by atoms with Gasteiger partial charge in [-0.25, -0.2) is 0 Å². The largest absolute Gasteiger partial charge is 0.394 e. The zero-order chi connectivity index (χ0) is 43.7. The van der Waals surface area contributed by atoms with Gasteiger partial charge in [0.15, 0.2) is 12.6 Å². The first kappa shape index (κ1) is 50.6. The minimum Gasteiger partial charge on any atom is -0.394 e. The van der Waals surface area contributed by atoms with Crippen LogP contribution >= 0.6 is 0 Å². The van der Waals surface area contributed by atoms with Gasteiger partial charge in [-0.05, 0) is 116 Å². The first-order valence-electron chi connectivity index (χ1n) is 20.5. The van der Waals surface area contributed by atoms with E-state index in [4.69, 9.17) is 18.9 Å². The lowest BCUT2D eigenvalue weighted by atomic mass is 9.54. The molecule has 0 amide bonds. The SMILES string of the molecule is C/C(C=O)=C1\CC[C@](C)(O)[C@@](C)(CC/C=C(\C)[C@@H](C/C=C(\C)CC[C@H](O)C(C)(C)O)O[C@@H]2O[C@H](CO)[C@@H](O)[C@H](O)[C@H]2O)[C@@H]1CCCO[C@@H]1O[C@H](CO)[C@@H](O)[C@H](O)[C@H]1O. The summed E-state index contributed by atoms with van der Waals surface area (Å²) in [7, 11) is 0. The molecule has 0 radical (unpaired) electrons. The number of aliphatic hydroxyl groups excluding tert-OH is 9. The molecular formula is C42H72O16. The third-order valence-corrected chi connectivity index (χ3v) is 12.8. The van der Waals surface area contributed by atoms with E-state index in [1.807, 2.05) is 32.9 Å². The molecule has 2 saturated heterocycles. The molecule has 3 fully saturated rings. The van der Waals surface area contributed by atoms with Crippen LogP contribution in [-0.2, 0) is 23.7 Å². The van der Waals surface area contributed by atoms with Crippen LogP contribution in [0.2, 0.25) is 0 Å². The number of hydrogen-bond donors (Lipinski definition) is 11. The predicted molar refractivity (Wildman–Crippen MR) is 211 cm³/mol. The Morgan fingerprint density at radius 3 is 2.02 bits per heavy atom. The second kappa shape index (κ2) is 21.9. The Balaban J connectivity index is 1.84. The molecule has 0 aromatic carbocycles. The molecule has 336 valence electrons. The van der Waals surface area contributed by atoms with Gasteiger partial charge in [-0.2, -0.15) is 0 Å². The van der Waals surface area contributed by atoms with Crippen molar-refractivity contribution in [3.8, 4) is 0 Å². The van der Waals surface area contributed by atoms with Crippen molar-refractivity contribution in [1.29, 1.82) is 0 Å². The maximum atomic E-state index is 12.1. The Morgan fingerprint density at radius 1 is 0.897 bits per heavy atom. The van der Waals surface area contributed by atoms with Crippen molar-refractivity contribution in [3.63, 3.8) is 0 Å². The summed E-state index contributed by atoms with van der Waals surface area (Å²) in [5.74, 6) is -0.264. The Hall–Kier alpha value is -1.71. The molecule has 0 bridgehead atoms. The lowest BCUT2D eigenvalue weighted by Crippen LogP contribution is -2.59. The number of aldehydes is 1. The van der Waals surface area contributed by atoms with Crippen molar-refractivity contribution < 1.29 is 79.9 Å². The van der Waals surface area contributed by atoms with Crippen LogP contribution in [0.1, 0.15) is 106 Å². The summed E-state index contributed by atoms with van der Waals surface area (Å²) in [6, 6.07) is 0. The van der Waals surface area contributed by atoms with Crippen molar-refractivity contribution in [1.82, 2.24) is 0 Å². The highest BCUT2D eigenvalue weighted by Crippen LogP contribution is 2.55. The highest BCUT2D eigenvalue weighted by molar-refractivity contribution is 5.74. The van der Waals surface area contributed by atoms with Gasteiger partial charge in [-0.3, -0.25) is 4.79 Å². The molecule has 0 spiro atoms. The monoisotopic (exact) mass is 832 g/mol. The van der Waals surface area contributed by atoms with Crippen LogP contribution in [-0.4, -0.2) is 167 Å². The highest BCUT2D eigenvalue weighted by Gasteiger charge is 2.52. The van der Waals surface area contributed by atoms with Gasteiger partial charge in [-0.15, -0.1) is 0 Å². The van der Waals surface area contributed by atoms with Crippen LogP contribution in [0.25, 0.3) is 0 Å². The van der Waals surface area contributed by atoms with Crippen LogP contribution in [0, 0.1) is 11.3 Å². The van der Waals surface area contributed by atoms with Crippen LogP contribution in [0.3, 0.4) is 0 Å². The van der Waals surface area contributed by atoms with E-state index in [1.54, 1.807) is 13.8 Å². The van der Waals surface area contributed by atoms with Crippen molar-refractivity contribution in [3.05, 3.63) is 34.4 Å². The van der Waals surface area contributed by atoms with Crippen molar-refractivity contribution in [2.45, 2.75) is 191 Å². The second-order valence-corrected chi connectivity index (χ2v) is 17.6. The number of carbonyl (C=O) groups is 1. The fraction of sp³-hybridized carbons (Fsp3) is 0.833. The summed E-state index contributed by atoms with van der Waals surface area (Å²) in [6.07, 6.45) is -7.49. The fourth-order valence-electron chi connectivity index (χ4n) is 8.32. The third-order valence-electron chi connectivity index (χ3n) is 12.8. The maximum Gasteiger partial charge on any atom is 0.187 e. The van der Waals surface area contributed by atoms with Gasteiger partial charge in [0, 0.05) is 12.0 Å². The summed E-state index contributed by atoms with van der Waals surface area (Å²) in [4.78, 5) is 12.1. The van der Waals surface area contributed by atoms with E-state index in [-0.39, 0.29) is 12.5 Å². The Bertz CT molecular complexity index is 1390. The fourth-order valence-corrected chi connectivity index (χ4v) is 8.32.